The van der Waals surface area contributed by atoms with Crippen molar-refractivity contribution in [3.8, 4) is 11.5 Å². The van der Waals surface area contributed by atoms with Crippen LogP contribution in [0.5, 0.6) is 11.5 Å². The van der Waals surface area contributed by atoms with E-state index in [1.165, 1.54) is 0 Å². The number of ether oxygens (including phenoxy) is 3. The first-order valence-electron chi connectivity index (χ1n) is 6.91. The number of methoxy groups -OCH3 is 1. The number of para-hydroxylation sites is 2. The van der Waals surface area contributed by atoms with Gasteiger partial charge < -0.3 is 19.9 Å². The molecular weight excluding hydrogens is 242 g/mol. The largest absolute Gasteiger partial charge is 0.493 e. The van der Waals surface area contributed by atoms with Gasteiger partial charge in [0.15, 0.2) is 11.5 Å². The molecule has 2 heterocycles. The summed E-state index contributed by atoms with van der Waals surface area (Å²) in [6.07, 6.45) is 4.64. The maximum Gasteiger partial charge on any atom is 0.161 e. The first kappa shape index (κ1) is 12.8. The molecule has 3 unspecified atom stereocenters. The van der Waals surface area contributed by atoms with E-state index in [0.29, 0.717) is 12.7 Å². The summed E-state index contributed by atoms with van der Waals surface area (Å²) in [7, 11) is 1.65. The SMILES string of the molecule is COc1ccccc1OCCC1(N)CC2CCC1O2. The van der Waals surface area contributed by atoms with Crippen LogP contribution < -0.4 is 15.2 Å². The molecule has 3 atom stereocenters. The molecule has 0 amide bonds. The van der Waals surface area contributed by atoms with E-state index in [-0.39, 0.29) is 11.6 Å². The molecule has 2 aliphatic rings. The average molecular weight is 263 g/mol. The Morgan fingerprint density at radius 2 is 2.11 bits per heavy atom. The summed E-state index contributed by atoms with van der Waals surface area (Å²) in [6.45, 7) is 0.601. The third-order valence-corrected chi connectivity index (χ3v) is 4.25. The van der Waals surface area contributed by atoms with Crippen molar-refractivity contribution in [3.05, 3.63) is 24.3 Å². The van der Waals surface area contributed by atoms with Crippen molar-refractivity contribution in [1.29, 1.82) is 0 Å². The summed E-state index contributed by atoms with van der Waals surface area (Å²) in [5.74, 6) is 1.54. The third kappa shape index (κ3) is 2.42. The maximum absolute atomic E-state index is 6.44. The van der Waals surface area contributed by atoms with Crippen LogP contribution in [0.2, 0.25) is 0 Å². The maximum atomic E-state index is 6.44. The lowest BCUT2D eigenvalue weighted by atomic mass is 9.80. The average Bonchev–Trinajstić information content (AvgIpc) is 2.99. The van der Waals surface area contributed by atoms with Crippen molar-refractivity contribution in [1.82, 2.24) is 0 Å². The van der Waals surface area contributed by atoms with Crippen molar-refractivity contribution < 1.29 is 14.2 Å². The minimum atomic E-state index is -0.203. The van der Waals surface area contributed by atoms with Gasteiger partial charge in [-0.3, -0.25) is 0 Å². The smallest absolute Gasteiger partial charge is 0.161 e. The standard InChI is InChI=1S/C15H21NO3/c1-17-12-4-2-3-5-13(12)18-9-8-15(16)10-11-6-7-14(15)19-11/h2-5,11,14H,6-10,16H2,1H3. The third-order valence-electron chi connectivity index (χ3n) is 4.25. The minimum absolute atomic E-state index is 0.203. The monoisotopic (exact) mass is 263 g/mol. The van der Waals surface area contributed by atoms with E-state index in [1.54, 1.807) is 7.11 Å². The van der Waals surface area contributed by atoms with Gasteiger partial charge in [-0.1, -0.05) is 12.1 Å². The zero-order valence-electron chi connectivity index (χ0n) is 11.3. The summed E-state index contributed by atoms with van der Waals surface area (Å²) in [4.78, 5) is 0. The number of rotatable bonds is 5. The van der Waals surface area contributed by atoms with Gasteiger partial charge in [0.25, 0.3) is 0 Å². The Hall–Kier alpha value is -1.26. The van der Waals surface area contributed by atoms with Gasteiger partial charge in [0.1, 0.15) is 0 Å². The number of nitrogens with two attached hydrogens (primary N) is 1. The predicted octanol–water partition coefficient (Wildman–Crippen LogP) is 2.11. The molecule has 3 rings (SSSR count). The van der Waals surface area contributed by atoms with E-state index in [0.717, 1.165) is 37.2 Å². The second-order valence-corrected chi connectivity index (χ2v) is 5.51. The van der Waals surface area contributed by atoms with Crippen LogP contribution in [0.3, 0.4) is 0 Å². The molecule has 0 spiro atoms. The first-order chi connectivity index (χ1) is 9.21. The highest BCUT2D eigenvalue weighted by Crippen LogP contribution is 2.42. The summed E-state index contributed by atoms with van der Waals surface area (Å²) < 4.78 is 16.9. The molecule has 0 radical (unpaired) electrons. The van der Waals surface area contributed by atoms with Crippen LogP contribution >= 0.6 is 0 Å². The molecule has 19 heavy (non-hydrogen) atoms. The number of hydrogen-bond donors (Lipinski definition) is 1. The Morgan fingerprint density at radius 3 is 2.74 bits per heavy atom. The van der Waals surface area contributed by atoms with E-state index in [1.807, 2.05) is 24.3 Å². The minimum Gasteiger partial charge on any atom is -0.493 e. The summed E-state index contributed by atoms with van der Waals surface area (Å²) in [5, 5.41) is 0. The molecule has 1 aromatic carbocycles. The van der Waals surface area contributed by atoms with Crippen LogP contribution in [0.1, 0.15) is 25.7 Å². The molecule has 2 saturated heterocycles. The van der Waals surface area contributed by atoms with Crippen molar-refractivity contribution in [2.45, 2.75) is 43.4 Å². The fourth-order valence-electron chi connectivity index (χ4n) is 3.19. The summed E-state index contributed by atoms with van der Waals surface area (Å²) in [5.41, 5.74) is 6.24. The molecular formula is C15H21NO3. The fraction of sp³-hybridized carbons (Fsp3) is 0.600. The lowest BCUT2D eigenvalue weighted by Crippen LogP contribution is -2.49. The normalized spacial score (nSPS) is 32.5. The van der Waals surface area contributed by atoms with Crippen molar-refractivity contribution in [2.24, 2.45) is 5.73 Å². The molecule has 2 aliphatic heterocycles. The Balaban J connectivity index is 1.56. The van der Waals surface area contributed by atoms with Crippen LogP contribution in [-0.2, 0) is 4.74 Å². The van der Waals surface area contributed by atoms with E-state index >= 15 is 0 Å². The molecule has 0 saturated carbocycles. The van der Waals surface area contributed by atoms with Crippen LogP contribution in [0, 0.1) is 0 Å². The van der Waals surface area contributed by atoms with E-state index in [9.17, 15) is 0 Å². The van der Waals surface area contributed by atoms with Gasteiger partial charge in [0, 0.05) is 12.0 Å². The van der Waals surface area contributed by atoms with Gasteiger partial charge in [-0.2, -0.15) is 0 Å². The zero-order chi connectivity index (χ0) is 13.3. The lowest BCUT2D eigenvalue weighted by Gasteiger charge is -2.31. The number of fused-ring (bicyclic) bond motifs is 2. The van der Waals surface area contributed by atoms with E-state index in [4.69, 9.17) is 19.9 Å². The lowest BCUT2D eigenvalue weighted by molar-refractivity contribution is 0.0798. The first-order valence-corrected chi connectivity index (χ1v) is 6.91. The molecule has 2 N–H and O–H groups in total. The van der Waals surface area contributed by atoms with Crippen LogP contribution in [0.4, 0.5) is 0 Å². The Morgan fingerprint density at radius 1 is 1.32 bits per heavy atom. The second-order valence-electron chi connectivity index (χ2n) is 5.51. The molecule has 4 heteroatoms. The van der Waals surface area contributed by atoms with Gasteiger partial charge in [-0.15, -0.1) is 0 Å². The summed E-state index contributed by atoms with van der Waals surface area (Å²) >= 11 is 0. The Kier molecular flexibility index (Phi) is 3.37. The van der Waals surface area contributed by atoms with E-state index < -0.39 is 0 Å². The van der Waals surface area contributed by atoms with Crippen LogP contribution in [0.15, 0.2) is 24.3 Å². The zero-order valence-corrected chi connectivity index (χ0v) is 11.3. The molecule has 1 aromatic rings. The molecule has 4 nitrogen and oxygen atoms in total. The van der Waals surface area contributed by atoms with Crippen LogP contribution in [-0.4, -0.2) is 31.5 Å². The van der Waals surface area contributed by atoms with Gasteiger partial charge >= 0.3 is 0 Å². The van der Waals surface area contributed by atoms with E-state index in [2.05, 4.69) is 0 Å². The van der Waals surface area contributed by atoms with Crippen molar-refractivity contribution in [3.63, 3.8) is 0 Å². The number of benzene rings is 1. The highest BCUT2D eigenvalue weighted by atomic mass is 16.5. The Bertz CT molecular complexity index is 451. The van der Waals surface area contributed by atoms with Gasteiger partial charge in [-0.05, 0) is 31.4 Å². The number of hydrogen-bond acceptors (Lipinski definition) is 4. The highest BCUT2D eigenvalue weighted by molar-refractivity contribution is 5.39. The predicted molar refractivity (Wildman–Crippen MR) is 72.5 cm³/mol. The molecule has 2 bridgehead atoms. The fourth-order valence-corrected chi connectivity index (χ4v) is 3.19. The van der Waals surface area contributed by atoms with Crippen molar-refractivity contribution in [2.75, 3.05) is 13.7 Å². The molecule has 0 aromatic heterocycles. The second kappa shape index (κ2) is 5.02. The summed E-state index contributed by atoms with van der Waals surface area (Å²) in [6, 6.07) is 7.68. The Labute approximate surface area is 113 Å². The molecule has 0 aliphatic carbocycles. The topological polar surface area (TPSA) is 53.7 Å². The quantitative estimate of drug-likeness (QED) is 0.884. The van der Waals surface area contributed by atoms with Gasteiger partial charge in [0.05, 0.1) is 25.9 Å². The van der Waals surface area contributed by atoms with Crippen LogP contribution in [0.25, 0.3) is 0 Å². The van der Waals surface area contributed by atoms with Crippen molar-refractivity contribution >= 4 is 0 Å². The van der Waals surface area contributed by atoms with Gasteiger partial charge in [0.2, 0.25) is 0 Å². The van der Waals surface area contributed by atoms with Gasteiger partial charge in [-0.25, -0.2) is 0 Å². The molecule has 2 fully saturated rings. The molecule has 104 valence electrons. The highest BCUT2D eigenvalue weighted by Gasteiger charge is 2.49.